The fourth-order valence-corrected chi connectivity index (χ4v) is 8.10. The quantitative estimate of drug-likeness (QED) is 0.207. The van der Waals surface area contributed by atoms with Crippen LogP contribution in [0.1, 0.15) is 23.1 Å². The lowest BCUT2D eigenvalue weighted by molar-refractivity contribution is 1.23. The van der Waals surface area contributed by atoms with E-state index in [2.05, 4.69) is 126 Å². The van der Waals surface area contributed by atoms with Gasteiger partial charge in [-0.05, 0) is 102 Å². The van der Waals surface area contributed by atoms with Crippen LogP contribution in [0.2, 0.25) is 0 Å². The third kappa shape index (κ3) is 3.47. The minimum atomic E-state index is 1.00. The van der Waals surface area contributed by atoms with Crippen LogP contribution in [0.15, 0.2) is 131 Å². The van der Waals surface area contributed by atoms with Crippen molar-refractivity contribution in [2.75, 3.05) is 0 Å². The van der Waals surface area contributed by atoms with Crippen LogP contribution in [-0.4, -0.2) is 4.98 Å². The van der Waals surface area contributed by atoms with Gasteiger partial charge in [-0.2, -0.15) is 0 Å². The molecule has 1 heterocycles. The van der Waals surface area contributed by atoms with Gasteiger partial charge in [0.2, 0.25) is 0 Å². The van der Waals surface area contributed by atoms with Crippen LogP contribution in [0.5, 0.6) is 0 Å². The van der Waals surface area contributed by atoms with Crippen molar-refractivity contribution in [3.05, 3.63) is 138 Å². The number of fused-ring (bicyclic) bond motifs is 3. The lowest BCUT2D eigenvalue weighted by Gasteiger charge is -2.25. The van der Waals surface area contributed by atoms with E-state index in [0.717, 1.165) is 12.8 Å². The molecule has 2 aliphatic carbocycles. The molecule has 41 heavy (non-hydrogen) atoms. The Balaban J connectivity index is 1.34. The molecule has 0 aliphatic heterocycles. The number of allylic oxidation sites excluding steroid dienone is 3. The van der Waals surface area contributed by atoms with E-state index in [1.165, 1.54) is 86.3 Å². The van der Waals surface area contributed by atoms with E-state index in [-0.39, 0.29) is 0 Å². The SMILES string of the molecule is C1=Cc2ccc3c(-c4c5ccccc5c(Sc5ccc6ccccc6c5)c5ccncc45)ccc4c3c2C(=CC4)C1. The molecule has 1 nitrogen and oxygen atoms in total. The standard InChI is InChI=1S/C39H25NS/c1-2-7-28-22-29(17-14-24(28)6-1)41-39-33-11-4-3-10-30(33)38(35-23-40-21-20-34(35)39)32-19-16-27-13-12-25-8-5-9-26-15-18-31(32)37(27)36(25)26/h1-7,9-12,14-23H,8,13H2. The zero-order valence-corrected chi connectivity index (χ0v) is 23.2. The highest BCUT2D eigenvalue weighted by Crippen LogP contribution is 2.49. The minimum absolute atomic E-state index is 1.00. The summed E-state index contributed by atoms with van der Waals surface area (Å²) in [5.74, 6) is 0. The van der Waals surface area contributed by atoms with Crippen molar-refractivity contribution in [1.82, 2.24) is 4.98 Å². The minimum Gasteiger partial charge on any atom is -0.264 e. The van der Waals surface area contributed by atoms with Gasteiger partial charge in [0.1, 0.15) is 0 Å². The number of benzene rings is 6. The Morgan fingerprint density at radius 1 is 0.634 bits per heavy atom. The molecule has 2 aliphatic rings. The molecule has 0 fully saturated rings. The predicted molar refractivity (Wildman–Crippen MR) is 176 cm³/mol. The van der Waals surface area contributed by atoms with E-state index in [1.54, 1.807) is 0 Å². The molecule has 0 saturated carbocycles. The fraction of sp³-hybridized carbons (Fsp3) is 0.0513. The number of pyridine rings is 1. The summed E-state index contributed by atoms with van der Waals surface area (Å²) in [4.78, 5) is 7.19. The van der Waals surface area contributed by atoms with E-state index in [0.29, 0.717) is 0 Å². The lowest BCUT2D eigenvalue weighted by atomic mass is 9.79. The second kappa shape index (κ2) is 8.92. The summed E-state index contributed by atoms with van der Waals surface area (Å²) in [5, 5.41) is 10.3. The van der Waals surface area contributed by atoms with Crippen molar-refractivity contribution in [3.8, 4) is 11.1 Å². The van der Waals surface area contributed by atoms with Crippen molar-refractivity contribution in [2.45, 2.75) is 22.6 Å². The van der Waals surface area contributed by atoms with Gasteiger partial charge in [-0.1, -0.05) is 109 Å². The number of rotatable bonds is 3. The van der Waals surface area contributed by atoms with Crippen molar-refractivity contribution >= 4 is 66.5 Å². The molecular formula is C39H25NS. The zero-order valence-electron chi connectivity index (χ0n) is 22.4. The van der Waals surface area contributed by atoms with E-state index in [1.807, 2.05) is 18.0 Å². The van der Waals surface area contributed by atoms with Crippen molar-refractivity contribution in [3.63, 3.8) is 0 Å². The van der Waals surface area contributed by atoms with E-state index >= 15 is 0 Å². The molecule has 0 saturated heterocycles. The number of nitrogens with zero attached hydrogens (tertiary/aromatic N) is 1. The third-order valence-corrected chi connectivity index (χ3v) is 9.94. The number of aromatic nitrogens is 1. The number of hydrogen-bond donors (Lipinski definition) is 0. The lowest BCUT2D eigenvalue weighted by Crippen LogP contribution is -2.03. The topological polar surface area (TPSA) is 12.9 Å². The van der Waals surface area contributed by atoms with E-state index in [4.69, 9.17) is 0 Å². The van der Waals surface area contributed by atoms with E-state index < -0.39 is 0 Å². The zero-order chi connectivity index (χ0) is 26.9. The maximum Gasteiger partial charge on any atom is 0.0353 e. The Kier molecular flexibility index (Phi) is 5.02. The van der Waals surface area contributed by atoms with E-state index in [9.17, 15) is 0 Å². The van der Waals surface area contributed by atoms with Gasteiger partial charge in [0.05, 0.1) is 0 Å². The van der Waals surface area contributed by atoms with Gasteiger partial charge in [-0.3, -0.25) is 4.98 Å². The summed E-state index contributed by atoms with van der Waals surface area (Å²) < 4.78 is 0. The fourth-order valence-electron chi connectivity index (χ4n) is 6.97. The molecular weight excluding hydrogens is 515 g/mol. The van der Waals surface area contributed by atoms with Gasteiger partial charge in [0, 0.05) is 27.6 Å². The Labute approximate surface area is 242 Å². The highest BCUT2D eigenvalue weighted by Gasteiger charge is 2.23. The molecule has 0 bridgehead atoms. The van der Waals surface area contributed by atoms with Crippen LogP contribution < -0.4 is 0 Å². The largest absolute Gasteiger partial charge is 0.264 e. The Morgan fingerprint density at radius 3 is 2.44 bits per heavy atom. The van der Waals surface area contributed by atoms with Crippen LogP contribution >= 0.6 is 11.8 Å². The molecule has 7 aromatic rings. The average molecular weight is 540 g/mol. The second-order valence-electron chi connectivity index (χ2n) is 11.0. The summed E-state index contributed by atoms with van der Waals surface area (Å²) >= 11 is 1.86. The summed E-state index contributed by atoms with van der Waals surface area (Å²) in [7, 11) is 0. The van der Waals surface area contributed by atoms with Gasteiger partial charge < -0.3 is 0 Å². The van der Waals surface area contributed by atoms with Crippen molar-refractivity contribution in [1.29, 1.82) is 0 Å². The Bertz CT molecular complexity index is 2230. The molecule has 0 atom stereocenters. The second-order valence-corrected chi connectivity index (χ2v) is 12.1. The molecule has 0 N–H and O–H groups in total. The van der Waals surface area contributed by atoms with Crippen LogP contribution in [-0.2, 0) is 6.42 Å². The van der Waals surface area contributed by atoms with Crippen LogP contribution in [0, 0.1) is 0 Å². The summed E-state index contributed by atoms with van der Waals surface area (Å²) in [6.07, 6.45) is 13.0. The van der Waals surface area contributed by atoms with Gasteiger partial charge >= 0.3 is 0 Å². The summed E-state index contributed by atoms with van der Waals surface area (Å²) in [6, 6.07) is 35.9. The van der Waals surface area contributed by atoms with Gasteiger partial charge in [0.25, 0.3) is 0 Å². The van der Waals surface area contributed by atoms with Crippen LogP contribution in [0.4, 0.5) is 0 Å². The molecule has 0 amide bonds. The first-order valence-corrected chi connectivity index (χ1v) is 15.1. The van der Waals surface area contributed by atoms with Crippen molar-refractivity contribution < 1.29 is 0 Å². The van der Waals surface area contributed by atoms with Gasteiger partial charge in [-0.15, -0.1) is 0 Å². The molecule has 6 aromatic carbocycles. The molecule has 2 heteroatoms. The smallest absolute Gasteiger partial charge is 0.0353 e. The molecule has 0 spiro atoms. The van der Waals surface area contributed by atoms with Crippen molar-refractivity contribution in [2.24, 2.45) is 0 Å². The van der Waals surface area contributed by atoms with Crippen LogP contribution in [0.25, 0.3) is 65.9 Å². The maximum atomic E-state index is 4.66. The highest BCUT2D eigenvalue weighted by molar-refractivity contribution is 7.99. The predicted octanol–water partition coefficient (Wildman–Crippen LogP) is 10.9. The summed E-state index contributed by atoms with van der Waals surface area (Å²) in [5.41, 5.74) is 8.24. The molecule has 192 valence electrons. The molecule has 0 radical (unpaired) electrons. The van der Waals surface area contributed by atoms with Gasteiger partial charge in [0.15, 0.2) is 0 Å². The Morgan fingerprint density at radius 2 is 1.49 bits per heavy atom. The first-order chi connectivity index (χ1) is 20.3. The monoisotopic (exact) mass is 539 g/mol. The number of hydrogen-bond acceptors (Lipinski definition) is 2. The molecule has 0 unspecified atom stereocenters. The van der Waals surface area contributed by atoms with Gasteiger partial charge in [-0.25, -0.2) is 0 Å². The molecule has 9 rings (SSSR count). The Hall–Kier alpha value is -4.66. The van der Waals surface area contributed by atoms with Crippen LogP contribution in [0.3, 0.4) is 0 Å². The third-order valence-electron chi connectivity index (χ3n) is 8.81. The average Bonchev–Trinajstić information content (AvgIpc) is 3.04. The molecule has 1 aromatic heterocycles. The normalized spacial score (nSPS) is 13.8. The highest BCUT2D eigenvalue weighted by atomic mass is 32.2. The first kappa shape index (κ1) is 23.1. The summed E-state index contributed by atoms with van der Waals surface area (Å²) in [6.45, 7) is 0. The first-order valence-electron chi connectivity index (χ1n) is 14.2. The maximum absolute atomic E-state index is 4.66.